The highest BCUT2D eigenvalue weighted by atomic mass is 35.5. The number of thiophene rings is 1. The van der Waals surface area contributed by atoms with Gasteiger partial charge in [0.25, 0.3) is 0 Å². The monoisotopic (exact) mass is 345 g/mol. The second-order valence-electron chi connectivity index (χ2n) is 5.71. The van der Waals surface area contributed by atoms with Gasteiger partial charge in [-0.05, 0) is 54.6 Å². The Bertz CT molecular complexity index is 811. The van der Waals surface area contributed by atoms with Crippen LogP contribution < -0.4 is 0 Å². The minimum absolute atomic E-state index is 0.385. The van der Waals surface area contributed by atoms with Crippen molar-refractivity contribution >= 4 is 22.9 Å². The van der Waals surface area contributed by atoms with Crippen LogP contribution in [0.25, 0.3) is 11.4 Å². The van der Waals surface area contributed by atoms with Gasteiger partial charge >= 0.3 is 0 Å². The van der Waals surface area contributed by atoms with Crippen LogP contribution in [0.1, 0.15) is 29.3 Å². The van der Waals surface area contributed by atoms with Crippen molar-refractivity contribution in [1.82, 2.24) is 15.0 Å². The second kappa shape index (κ2) is 6.07. The van der Waals surface area contributed by atoms with Gasteiger partial charge in [-0.3, -0.25) is 4.90 Å². The lowest BCUT2D eigenvalue weighted by Gasteiger charge is -2.32. The number of aromatic nitrogens is 2. The molecule has 1 aromatic carbocycles. The zero-order valence-electron chi connectivity index (χ0n) is 12.7. The van der Waals surface area contributed by atoms with Gasteiger partial charge in [-0.1, -0.05) is 16.8 Å². The summed E-state index contributed by atoms with van der Waals surface area (Å²) < 4.78 is 5.44. The summed E-state index contributed by atoms with van der Waals surface area (Å²) >= 11 is 7.76. The molecule has 4 nitrogen and oxygen atoms in total. The average molecular weight is 346 g/mol. The number of rotatable bonds is 3. The Morgan fingerprint density at radius 1 is 1.30 bits per heavy atom. The van der Waals surface area contributed by atoms with Crippen molar-refractivity contribution in [1.29, 1.82) is 0 Å². The highest BCUT2D eigenvalue weighted by molar-refractivity contribution is 7.10. The fourth-order valence-electron chi connectivity index (χ4n) is 2.99. The van der Waals surface area contributed by atoms with Crippen LogP contribution in [0, 0.1) is 0 Å². The van der Waals surface area contributed by atoms with Crippen LogP contribution >= 0.6 is 22.9 Å². The summed E-state index contributed by atoms with van der Waals surface area (Å²) in [5.74, 6) is 1.26. The molecule has 0 fully saturated rings. The zero-order chi connectivity index (χ0) is 15.8. The quantitative estimate of drug-likeness (QED) is 0.697. The normalized spacial score (nSPS) is 18.1. The van der Waals surface area contributed by atoms with Crippen LogP contribution in [0.4, 0.5) is 0 Å². The molecule has 0 amide bonds. The summed E-state index contributed by atoms with van der Waals surface area (Å²) in [6, 6.07) is 10.1. The fraction of sp³-hybridized carbons (Fsp3) is 0.294. The van der Waals surface area contributed by atoms with E-state index in [4.69, 9.17) is 16.1 Å². The molecular weight excluding hydrogens is 330 g/mol. The Hall–Kier alpha value is -1.69. The maximum Gasteiger partial charge on any atom is 0.241 e. The second-order valence-corrected chi connectivity index (χ2v) is 7.15. The predicted octanol–water partition coefficient (Wildman–Crippen LogP) is 4.57. The van der Waals surface area contributed by atoms with Gasteiger partial charge in [0.05, 0.1) is 6.54 Å². The molecule has 0 saturated carbocycles. The molecule has 6 heteroatoms. The molecule has 0 bridgehead atoms. The summed E-state index contributed by atoms with van der Waals surface area (Å²) in [5, 5.41) is 6.96. The van der Waals surface area contributed by atoms with Crippen molar-refractivity contribution in [2.75, 3.05) is 6.54 Å². The Morgan fingerprint density at radius 3 is 2.96 bits per heavy atom. The summed E-state index contributed by atoms with van der Waals surface area (Å²) in [5.41, 5.74) is 2.34. The van der Waals surface area contributed by atoms with E-state index in [1.54, 1.807) is 0 Å². The topological polar surface area (TPSA) is 42.2 Å². The molecule has 0 saturated heterocycles. The van der Waals surface area contributed by atoms with Crippen molar-refractivity contribution in [3.05, 3.63) is 57.1 Å². The van der Waals surface area contributed by atoms with E-state index in [0.717, 1.165) is 18.5 Å². The Labute approximate surface area is 143 Å². The van der Waals surface area contributed by atoms with Gasteiger partial charge in [0.1, 0.15) is 0 Å². The number of nitrogens with zero attached hydrogens (tertiary/aromatic N) is 3. The van der Waals surface area contributed by atoms with E-state index in [1.165, 1.54) is 10.4 Å². The molecule has 3 heterocycles. The highest BCUT2D eigenvalue weighted by Gasteiger charge is 2.26. The van der Waals surface area contributed by atoms with Crippen molar-refractivity contribution in [2.45, 2.75) is 25.9 Å². The molecule has 2 aromatic heterocycles. The molecular formula is C17H16ClN3OS. The van der Waals surface area contributed by atoms with Crippen molar-refractivity contribution in [3.63, 3.8) is 0 Å². The molecule has 1 aliphatic rings. The van der Waals surface area contributed by atoms with Crippen LogP contribution in [-0.4, -0.2) is 21.6 Å². The van der Waals surface area contributed by atoms with Gasteiger partial charge in [-0.2, -0.15) is 4.98 Å². The van der Waals surface area contributed by atoms with Crippen molar-refractivity contribution in [2.24, 2.45) is 0 Å². The molecule has 0 spiro atoms. The van der Waals surface area contributed by atoms with E-state index in [0.29, 0.717) is 29.3 Å². The van der Waals surface area contributed by atoms with Gasteiger partial charge in [0, 0.05) is 28.0 Å². The predicted molar refractivity (Wildman–Crippen MR) is 91.6 cm³/mol. The number of hydrogen-bond donors (Lipinski definition) is 0. The molecule has 3 aromatic rings. The molecule has 1 aliphatic heterocycles. The van der Waals surface area contributed by atoms with Crippen LogP contribution in [0.15, 0.2) is 40.2 Å². The highest BCUT2D eigenvalue weighted by Crippen LogP contribution is 2.33. The zero-order valence-corrected chi connectivity index (χ0v) is 14.3. The third kappa shape index (κ3) is 2.92. The van der Waals surface area contributed by atoms with E-state index in [1.807, 2.05) is 35.6 Å². The molecule has 118 valence electrons. The average Bonchev–Trinajstić information content (AvgIpc) is 3.20. The third-order valence-electron chi connectivity index (χ3n) is 4.31. The number of hydrogen-bond acceptors (Lipinski definition) is 5. The first-order valence-corrected chi connectivity index (χ1v) is 8.85. The Kier molecular flexibility index (Phi) is 3.93. The first kappa shape index (κ1) is 14.9. The summed E-state index contributed by atoms with van der Waals surface area (Å²) in [7, 11) is 0. The lowest BCUT2D eigenvalue weighted by molar-refractivity contribution is 0.167. The molecule has 1 atom stereocenters. The van der Waals surface area contributed by atoms with E-state index >= 15 is 0 Å². The maximum absolute atomic E-state index is 5.91. The molecule has 0 unspecified atom stereocenters. The first-order chi connectivity index (χ1) is 11.2. The smallest absolute Gasteiger partial charge is 0.241 e. The summed E-state index contributed by atoms with van der Waals surface area (Å²) in [6.45, 7) is 3.94. The lowest BCUT2D eigenvalue weighted by Crippen LogP contribution is -2.32. The van der Waals surface area contributed by atoms with E-state index in [-0.39, 0.29) is 0 Å². The van der Waals surface area contributed by atoms with Crippen LogP contribution in [-0.2, 0) is 13.0 Å². The molecule has 0 aliphatic carbocycles. The molecule has 0 radical (unpaired) electrons. The molecule has 0 N–H and O–H groups in total. The molecule has 4 rings (SSSR count). The largest absolute Gasteiger partial charge is 0.338 e. The van der Waals surface area contributed by atoms with E-state index in [2.05, 4.69) is 33.4 Å². The maximum atomic E-state index is 5.91. The van der Waals surface area contributed by atoms with Crippen molar-refractivity contribution in [3.8, 4) is 11.4 Å². The third-order valence-corrected chi connectivity index (χ3v) is 5.56. The molecule has 23 heavy (non-hydrogen) atoms. The number of fused-ring (bicyclic) bond motifs is 1. The van der Waals surface area contributed by atoms with Gasteiger partial charge in [-0.25, -0.2) is 0 Å². The minimum atomic E-state index is 0.385. The fourth-order valence-corrected chi connectivity index (χ4v) is 4.08. The van der Waals surface area contributed by atoms with Gasteiger partial charge in [-0.15, -0.1) is 11.3 Å². The van der Waals surface area contributed by atoms with Gasteiger partial charge in [0.2, 0.25) is 11.7 Å². The van der Waals surface area contributed by atoms with E-state index in [9.17, 15) is 0 Å². The first-order valence-electron chi connectivity index (χ1n) is 7.59. The summed E-state index contributed by atoms with van der Waals surface area (Å²) in [6.07, 6.45) is 1.09. The standard InChI is InChI=1S/C17H16ClN3OS/c1-11-14-7-9-23-15(14)6-8-21(11)10-16-19-17(20-22-16)12-2-4-13(18)5-3-12/h2-5,7,9,11H,6,8,10H2,1H3/t11-/m0/s1. The van der Waals surface area contributed by atoms with Crippen LogP contribution in [0.2, 0.25) is 5.02 Å². The van der Waals surface area contributed by atoms with Crippen LogP contribution in [0.3, 0.4) is 0 Å². The van der Waals surface area contributed by atoms with Gasteiger partial charge < -0.3 is 4.52 Å². The van der Waals surface area contributed by atoms with Crippen LogP contribution in [0.5, 0.6) is 0 Å². The number of halogens is 1. The SMILES string of the molecule is C[C@H]1c2ccsc2CCN1Cc1nc(-c2ccc(Cl)cc2)no1. The Morgan fingerprint density at radius 2 is 2.13 bits per heavy atom. The lowest BCUT2D eigenvalue weighted by atomic mass is 10.0. The van der Waals surface area contributed by atoms with E-state index < -0.39 is 0 Å². The minimum Gasteiger partial charge on any atom is -0.338 e. The summed E-state index contributed by atoms with van der Waals surface area (Å²) in [4.78, 5) is 8.41. The Balaban J connectivity index is 1.51. The van der Waals surface area contributed by atoms with Gasteiger partial charge in [0.15, 0.2) is 0 Å². The number of benzene rings is 1. The van der Waals surface area contributed by atoms with Crippen molar-refractivity contribution < 1.29 is 4.52 Å².